The SMILES string of the molecule is CC(C)C[C@@H](N)C(F)(F)CS(=O)(=O)O. The Hall–Kier alpha value is -0.270. The molecule has 0 aliphatic rings. The van der Waals surface area contributed by atoms with Crippen LogP contribution in [0.5, 0.6) is 0 Å². The summed E-state index contributed by atoms with van der Waals surface area (Å²) in [5.41, 5.74) is 5.13. The molecule has 0 aromatic carbocycles. The van der Waals surface area contributed by atoms with Gasteiger partial charge < -0.3 is 5.73 Å². The monoisotopic (exact) mass is 231 g/mol. The topological polar surface area (TPSA) is 80.4 Å². The van der Waals surface area contributed by atoms with Gasteiger partial charge in [-0.1, -0.05) is 13.8 Å². The van der Waals surface area contributed by atoms with E-state index in [-0.39, 0.29) is 12.3 Å². The van der Waals surface area contributed by atoms with Gasteiger partial charge in [0.15, 0.2) is 0 Å². The van der Waals surface area contributed by atoms with E-state index in [4.69, 9.17) is 10.3 Å². The molecule has 0 rings (SSSR count). The van der Waals surface area contributed by atoms with E-state index < -0.39 is 27.8 Å². The molecule has 0 saturated carbocycles. The van der Waals surface area contributed by atoms with E-state index in [1.165, 1.54) is 0 Å². The van der Waals surface area contributed by atoms with Gasteiger partial charge in [0.2, 0.25) is 0 Å². The van der Waals surface area contributed by atoms with Crippen LogP contribution < -0.4 is 5.73 Å². The van der Waals surface area contributed by atoms with Gasteiger partial charge >= 0.3 is 0 Å². The molecule has 0 unspecified atom stereocenters. The highest BCUT2D eigenvalue weighted by atomic mass is 32.2. The molecule has 7 heteroatoms. The third-order valence-electron chi connectivity index (χ3n) is 1.64. The van der Waals surface area contributed by atoms with Gasteiger partial charge in [-0.2, -0.15) is 8.42 Å². The molecule has 3 N–H and O–H groups in total. The minimum atomic E-state index is -4.69. The smallest absolute Gasteiger partial charge is 0.279 e. The summed E-state index contributed by atoms with van der Waals surface area (Å²) in [5.74, 6) is -5.26. The molecule has 0 spiro atoms. The largest absolute Gasteiger partial charge is 0.323 e. The normalized spacial score (nSPS) is 15.9. The molecular formula is C7H15F2NO3S. The van der Waals surface area contributed by atoms with Gasteiger partial charge in [0.05, 0.1) is 6.04 Å². The van der Waals surface area contributed by atoms with Gasteiger partial charge in [-0.3, -0.25) is 4.55 Å². The molecule has 0 aromatic rings. The first kappa shape index (κ1) is 13.7. The maximum atomic E-state index is 13.0. The molecule has 0 bridgehead atoms. The third kappa shape index (κ3) is 5.46. The van der Waals surface area contributed by atoms with Gasteiger partial charge in [-0.25, -0.2) is 8.78 Å². The highest BCUT2D eigenvalue weighted by molar-refractivity contribution is 7.85. The molecule has 86 valence electrons. The minimum absolute atomic E-state index is 0.00250. The van der Waals surface area contributed by atoms with Crippen molar-refractivity contribution in [2.75, 3.05) is 5.75 Å². The molecule has 14 heavy (non-hydrogen) atoms. The Morgan fingerprint density at radius 3 is 2.14 bits per heavy atom. The number of nitrogens with two attached hydrogens (primary N) is 1. The second-order valence-corrected chi connectivity index (χ2v) is 5.18. The Morgan fingerprint density at radius 1 is 1.43 bits per heavy atom. The first-order valence-corrected chi connectivity index (χ1v) is 5.74. The Kier molecular flexibility index (Phi) is 4.41. The van der Waals surface area contributed by atoms with Crippen LogP contribution in [0.3, 0.4) is 0 Å². The number of hydrogen-bond acceptors (Lipinski definition) is 3. The van der Waals surface area contributed by atoms with Crippen LogP contribution in [-0.4, -0.2) is 30.7 Å². The van der Waals surface area contributed by atoms with Crippen LogP contribution in [0.2, 0.25) is 0 Å². The first-order valence-electron chi connectivity index (χ1n) is 4.13. The molecule has 0 aromatic heterocycles. The van der Waals surface area contributed by atoms with E-state index in [1.807, 2.05) is 0 Å². The third-order valence-corrected chi connectivity index (χ3v) is 2.39. The minimum Gasteiger partial charge on any atom is -0.323 e. The quantitative estimate of drug-likeness (QED) is 0.688. The lowest BCUT2D eigenvalue weighted by molar-refractivity contribution is -0.00899. The zero-order valence-electron chi connectivity index (χ0n) is 8.07. The Labute approximate surface area is 82.2 Å². The molecule has 1 atom stereocenters. The fourth-order valence-corrected chi connectivity index (χ4v) is 1.73. The van der Waals surface area contributed by atoms with Crippen LogP contribution >= 0.6 is 0 Å². The average Bonchev–Trinajstić information content (AvgIpc) is 1.78. The summed E-state index contributed by atoms with van der Waals surface area (Å²) in [4.78, 5) is 0. The van der Waals surface area contributed by atoms with E-state index >= 15 is 0 Å². The van der Waals surface area contributed by atoms with Crippen molar-refractivity contribution in [3.8, 4) is 0 Å². The van der Waals surface area contributed by atoms with Crippen LogP contribution in [-0.2, 0) is 10.1 Å². The molecule has 0 fully saturated rings. The highest BCUT2D eigenvalue weighted by Crippen LogP contribution is 2.23. The lowest BCUT2D eigenvalue weighted by Crippen LogP contribution is -2.46. The molecule has 0 aliphatic carbocycles. The van der Waals surface area contributed by atoms with Crippen molar-refractivity contribution >= 4 is 10.1 Å². The van der Waals surface area contributed by atoms with E-state index in [0.29, 0.717) is 0 Å². The fourth-order valence-electron chi connectivity index (χ4n) is 1.03. The fraction of sp³-hybridized carbons (Fsp3) is 1.00. The molecule has 0 aliphatic heterocycles. The predicted molar refractivity (Wildman–Crippen MR) is 48.8 cm³/mol. The van der Waals surface area contributed by atoms with Crippen molar-refractivity contribution < 1.29 is 21.8 Å². The van der Waals surface area contributed by atoms with Gasteiger partial charge in [0, 0.05) is 0 Å². The summed E-state index contributed by atoms with van der Waals surface area (Å²) in [7, 11) is -4.69. The van der Waals surface area contributed by atoms with Crippen LogP contribution in [0.1, 0.15) is 20.3 Å². The first-order chi connectivity index (χ1) is 6.04. The van der Waals surface area contributed by atoms with Gasteiger partial charge in [-0.05, 0) is 12.3 Å². The predicted octanol–water partition coefficient (Wildman–Crippen LogP) is 0.883. The lowest BCUT2D eigenvalue weighted by Gasteiger charge is -2.23. The maximum absolute atomic E-state index is 13.0. The zero-order valence-corrected chi connectivity index (χ0v) is 8.89. The van der Waals surface area contributed by atoms with Crippen molar-refractivity contribution in [3.63, 3.8) is 0 Å². The lowest BCUT2D eigenvalue weighted by atomic mass is 10.0. The Morgan fingerprint density at radius 2 is 1.86 bits per heavy atom. The van der Waals surface area contributed by atoms with Crippen LogP contribution in [0, 0.1) is 5.92 Å². The number of halogens is 2. The summed E-state index contributed by atoms with van der Waals surface area (Å²) in [6.45, 7) is 3.40. The summed E-state index contributed by atoms with van der Waals surface area (Å²) < 4.78 is 54.8. The van der Waals surface area contributed by atoms with Crippen molar-refractivity contribution in [2.24, 2.45) is 11.7 Å². The number of alkyl halides is 2. The van der Waals surface area contributed by atoms with Crippen LogP contribution in [0.4, 0.5) is 8.78 Å². The average molecular weight is 231 g/mol. The summed E-state index contributed by atoms with van der Waals surface area (Å²) in [6.07, 6.45) is 0.00250. The highest BCUT2D eigenvalue weighted by Gasteiger charge is 2.41. The molecule has 0 amide bonds. The zero-order chi connectivity index (χ0) is 11.6. The van der Waals surface area contributed by atoms with Crippen LogP contribution in [0.25, 0.3) is 0 Å². The van der Waals surface area contributed by atoms with Gasteiger partial charge in [-0.15, -0.1) is 0 Å². The van der Waals surface area contributed by atoms with E-state index in [1.54, 1.807) is 13.8 Å². The van der Waals surface area contributed by atoms with E-state index in [0.717, 1.165) is 0 Å². The Balaban J connectivity index is 4.45. The van der Waals surface area contributed by atoms with Crippen molar-refractivity contribution in [2.45, 2.75) is 32.2 Å². The molecule has 4 nitrogen and oxygen atoms in total. The van der Waals surface area contributed by atoms with Crippen molar-refractivity contribution in [1.82, 2.24) is 0 Å². The van der Waals surface area contributed by atoms with E-state index in [9.17, 15) is 17.2 Å². The second-order valence-electron chi connectivity index (χ2n) is 3.72. The molecule has 0 heterocycles. The number of rotatable bonds is 5. The summed E-state index contributed by atoms with van der Waals surface area (Å²) in [5, 5.41) is 0. The van der Waals surface area contributed by atoms with E-state index in [2.05, 4.69) is 0 Å². The standard InChI is InChI=1S/C7H15F2NO3S/c1-5(2)3-6(10)7(8,9)4-14(11,12)13/h5-6H,3-4,10H2,1-2H3,(H,11,12,13)/t6-/m1/s1. The summed E-state index contributed by atoms with van der Waals surface area (Å²) in [6, 6.07) is -1.55. The van der Waals surface area contributed by atoms with Gasteiger partial charge in [0.1, 0.15) is 5.75 Å². The van der Waals surface area contributed by atoms with Crippen molar-refractivity contribution in [3.05, 3.63) is 0 Å². The molecular weight excluding hydrogens is 216 g/mol. The number of hydrogen-bond donors (Lipinski definition) is 2. The summed E-state index contributed by atoms with van der Waals surface area (Å²) >= 11 is 0. The van der Waals surface area contributed by atoms with Crippen molar-refractivity contribution in [1.29, 1.82) is 0 Å². The van der Waals surface area contributed by atoms with Crippen LogP contribution in [0.15, 0.2) is 0 Å². The van der Waals surface area contributed by atoms with Gasteiger partial charge in [0.25, 0.3) is 16.0 Å². The molecule has 0 saturated heterocycles. The molecule has 0 radical (unpaired) electrons. The maximum Gasteiger partial charge on any atom is 0.279 e. The second kappa shape index (κ2) is 4.50. The Bertz CT molecular complexity index is 277.